The molecule has 1 heterocycles. The Balaban J connectivity index is 1.88. The summed E-state index contributed by atoms with van der Waals surface area (Å²) in [7, 11) is -4.14. The Bertz CT molecular complexity index is 1160. The topological polar surface area (TPSA) is 104 Å². The number of nitrogens with zero attached hydrogens (tertiary/aromatic N) is 2. The number of carbonyl (C=O) groups excluding carboxylic acids is 3. The molecule has 2 aromatic rings. The van der Waals surface area contributed by atoms with Gasteiger partial charge in [0.2, 0.25) is 11.8 Å². The number of sulfonamides is 1. The quantitative estimate of drug-likeness (QED) is 0.637. The molecular weight excluding hydrogens is 442 g/mol. The first-order chi connectivity index (χ1) is 15.6. The van der Waals surface area contributed by atoms with Gasteiger partial charge in [0.05, 0.1) is 5.56 Å². The highest BCUT2D eigenvalue weighted by Gasteiger charge is 2.43. The van der Waals surface area contributed by atoms with Crippen LogP contribution in [0.5, 0.6) is 0 Å². The molecule has 2 aromatic carbocycles. The number of fused-ring (bicyclic) bond motifs is 1. The smallest absolute Gasteiger partial charge is 0.269 e. The number of amides is 3. The lowest BCUT2D eigenvalue weighted by molar-refractivity contribution is -0.140. The van der Waals surface area contributed by atoms with Gasteiger partial charge < -0.3 is 10.2 Å². The first kappa shape index (κ1) is 24.4. The number of benzene rings is 2. The summed E-state index contributed by atoms with van der Waals surface area (Å²) < 4.78 is 26.4. The summed E-state index contributed by atoms with van der Waals surface area (Å²) in [6, 6.07) is 12.4. The molecule has 1 aliphatic rings. The lowest BCUT2D eigenvalue weighted by atomic mass is 10.1. The number of hydrogen-bond donors (Lipinski definition) is 1. The Hall–Kier alpha value is -3.20. The summed E-state index contributed by atoms with van der Waals surface area (Å²) in [5.41, 5.74) is 1.87. The average Bonchev–Trinajstić information content (AvgIpc) is 2.98. The van der Waals surface area contributed by atoms with Gasteiger partial charge in [-0.15, -0.1) is 0 Å². The maximum absolute atomic E-state index is 13.3. The van der Waals surface area contributed by atoms with Crippen LogP contribution in [0.2, 0.25) is 0 Å². The van der Waals surface area contributed by atoms with E-state index in [0.717, 1.165) is 17.5 Å². The molecule has 176 valence electrons. The molecule has 3 amide bonds. The highest BCUT2D eigenvalue weighted by Crippen LogP contribution is 2.30. The summed E-state index contributed by atoms with van der Waals surface area (Å²) in [5, 5.41) is 2.86. The van der Waals surface area contributed by atoms with Crippen molar-refractivity contribution in [1.82, 2.24) is 14.5 Å². The predicted molar refractivity (Wildman–Crippen MR) is 124 cm³/mol. The molecule has 9 heteroatoms. The van der Waals surface area contributed by atoms with Crippen molar-refractivity contribution >= 4 is 27.7 Å². The second kappa shape index (κ2) is 9.74. The van der Waals surface area contributed by atoms with Crippen LogP contribution in [-0.2, 0) is 26.2 Å². The van der Waals surface area contributed by atoms with Crippen molar-refractivity contribution in [3.8, 4) is 0 Å². The lowest BCUT2D eigenvalue weighted by Crippen LogP contribution is -2.52. The monoisotopic (exact) mass is 471 g/mol. The molecule has 0 bridgehead atoms. The zero-order chi connectivity index (χ0) is 24.3. The van der Waals surface area contributed by atoms with Crippen molar-refractivity contribution in [1.29, 1.82) is 0 Å². The molecule has 8 nitrogen and oxygen atoms in total. The fraction of sp³-hybridized carbons (Fsp3) is 0.375. The van der Waals surface area contributed by atoms with Gasteiger partial charge in [-0.3, -0.25) is 14.4 Å². The highest BCUT2D eigenvalue weighted by atomic mass is 32.2. The number of rotatable bonds is 8. The van der Waals surface area contributed by atoms with Crippen molar-refractivity contribution < 1.29 is 22.8 Å². The largest absolute Gasteiger partial charge is 0.352 e. The van der Waals surface area contributed by atoms with Crippen molar-refractivity contribution in [2.24, 2.45) is 0 Å². The maximum Gasteiger partial charge on any atom is 0.269 e. The van der Waals surface area contributed by atoms with E-state index in [4.69, 9.17) is 0 Å². The minimum absolute atomic E-state index is 0.0398. The van der Waals surface area contributed by atoms with Gasteiger partial charge in [0.25, 0.3) is 15.9 Å². The van der Waals surface area contributed by atoms with E-state index in [9.17, 15) is 22.8 Å². The first-order valence-corrected chi connectivity index (χ1v) is 12.3. The van der Waals surface area contributed by atoms with Crippen LogP contribution in [0.15, 0.2) is 53.4 Å². The van der Waals surface area contributed by atoms with Gasteiger partial charge >= 0.3 is 0 Å². The number of carbonyl (C=O) groups is 3. The normalized spacial score (nSPS) is 16.1. The second-order valence-electron chi connectivity index (χ2n) is 8.31. The third kappa shape index (κ3) is 5.08. The van der Waals surface area contributed by atoms with Crippen molar-refractivity contribution in [2.45, 2.75) is 57.6 Å². The molecular formula is C24H29N3O5S. The minimum atomic E-state index is -4.14. The molecule has 0 saturated carbocycles. The fourth-order valence-corrected chi connectivity index (χ4v) is 5.06. The third-order valence-electron chi connectivity index (χ3n) is 5.83. The Labute approximate surface area is 194 Å². The second-order valence-corrected chi connectivity index (χ2v) is 10.1. The van der Waals surface area contributed by atoms with E-state index in [2.05, 4.69) is 5.32 Å². The van der Waals surface area contributed by atoms with Gasteiger partial charge in [-0.2, -0.15) is 0 Å². The van der Waals surface area contributed by atoms with Gasteiger partial charge in [0.1, 0.15) is 17.5 Å². The molecule has 0 radical (unpaired) electrons. The van der Waals surface area contributed by atoms with Crippen LogP contribution >= 0.6 is 0 Å². The van der Waals surface area contributed by atoms with Crippen molar-refractivity contribution in [3.05, 3.63) is 65.2 Å². The highest BCUT2D eigenvalue weighted by molar-refractivity contribution is 7.90. The van der Waals surface area contributed by atoms with E-state index in [-0.39, 0.29) is 29.0 Å². The molecule has 0 unspecified atom stereocenters. The van der Waals surface area contributed by atoms with E-state index in [1.165, 1.54) is 23.1 Å². The first-order valence-electron chi connectivity index (χ1n) is 10.9. The SMILES string of the molecule is CC[C@H](C)NC(=O)[C@H](C)N(Cc1ccc(C)cc1)C(=O)CN1C(=O)c2ccccc2S1(=O)=O. The maximum atomic E-state index is 13.3. The van der Waals surface area contributed by atoms with Crippen molar-refractivity contribution in [2.75, 3.05) is 6.54 Å². The molecule has 0 spiro atoms. The molecule has 0 fully saturated rings. The van der Waals surface area contributed by atoms with Gasteiger partial charge in [0, 0.05) is 12.6 Å². The zero-order valence-corrected chi connectivity index (χ0v) is 20.1. The van der Waals surface area contributed by atoms with Crippen LogP contribution < -0.4 is 5.32 Å². The Kier molecular flexibility index (Phi) is 7.22. The van der Waals surface area contributed by atoms with Gasteiger partial charge in [0.15, 0.2) is 0 Å². The van der Waals surface area contributed by atoms with E-state index < -0.39 is 34.4 Å². The molecule has 33 heavy (non-hydrogen) atoms. The number of nitrogens with one attached hydrogen (secondary N) is 1. The zero-order valence-electron chi connectivity index (χ0n) is 19.2. The van der Waals surface area contributed by atoms with Crippen LogP contribution in [0.3, 0.4) is 0 Å². The molecule has 1 aliphatic heterocycles. The van der Waals surface area contributed by atoms with Gasteiger partial charge in [-0.05, 0) is 44.9 Å². The van der Waals surface area contributed by atoms with E-state index >= 15 is 0 Å². The Morgan fingerprint density at radius 2 is 1.70 bits per heavy atom. The van der Waals surface area contributed by atoms with Gasteiger partial charge in [-0.25, -0.2) is 12.7 Å². The lowest BCUT2D eigenvalue weighted by Gasteiger charge is -2.30. The Morgan fingerprint density at radius 3 is 2.30 bits per heavy atom. The van der Waals surface area contributed by atoms with Crippen LogP contribution in [0.1, 0.15) is 48.7 Å². The summed E-state index contributed by atoms with van der Waals surface area (Å²) in [5.74, 6) is -1.72. The Morgan fingerprint density at radius 1 is 1.06 bits per heavy atom. The molecule has 0 aromatic heterocycles. The molecule has 3 rings (SSSR count). The van der Waals surface area contributed by atoms with Crippen LogP contribution in [-0.4, -0.2) is 54.0 Å². The van der Waals surface area contributed by atoms with E-state index in [0.29, 0.717) is 4.31 Å². The van der Waals surface area contributed by atoms with Crippen LogP contribution in [0.25, 0.3) is 0 Å². The van der Waals surface area contributed by atoms with Crippen molar-refractivity contribution in [3.63, 3.8) is 0 Å². The molecule has 0 aliphatic carbocycles. The molecule has 2 atom stereocenters. The summed E-state index contributed by atoms with van der Waals surface area (Å²) >= 11 is 0. The van der Waals surface area contributed by atoms with Crippen LogP contribution in [0, 0.1) is 6.92 Å². The fourth-order valence-electron chi connectivity index (χ4n) is 3.54. The third-order valence-corrected chi connectivity index (χ3v) is 7.62. The summed E-state index contributed by atoms with van der Waals surface area (Å²) in [6.07, 6.45) is 0.725. The number of hydrogen-bond acceptors (Lipinski definition) is 5. The van der Waals surface area contributed by atoms with E-state index in [1.807, 2.05) is 45.0 Å². The predicted octanol–water partition coefficient (Wildman–Crippen LogP) is 2.47. The standard InChI is InChI=1S/C24H29N3O5S/c1-5-17(3)25-23(29)18(4)26(14-19-12-10-16(2)11-13-19)22(28)15-27-24(30)20-8-6-7-9-21(20)33(27,31)32/h6-13,17-18H,5,14-15H2,1-4H3,(H,25,29)/t17-,18-/m0/s1. The summed E-state index contributed by atoms with van der Waals surface area (Å²) in [4.78, 5) is 40.1. The summed E-state index contributed by atoms with van der Waals surface area (Å²) in [6.45, 7) is 6.76. The van der Waals surface area contributed by atoms with Crippen LogP contribution in [0.4, 0.5) is 0 Å². The number of aryl methyl sites for hydroxylation is 1. The minimum Gasteiger partial charge on any atom is -0.352 e. The molecule has 1 N–H and O–H groups in total. The van der Waals surface area contributed by atoms with Gasteiger partial charge in [-0.1, -0.05) is 48.9 Å². The molecule has 0 saturated heterocycles. The van der Waals surface area contributed by atoms with E-state index in [1.54, 1.807) is 13.0 Å². The average molecular weight is 472 g/mol.